The molecule has 1 aromatic carbocycles. The van der Waals surface area contributed by atoms with Crippen LogP contribution in [0.3, 0.4) is 0 Å². The minimum Gasteiger partial charge on any atom is -0.497 e. The summed E-state index contributed by atoms with van der Waals surface area (Å²) in [5, 5.41) is 3.07. The average molecular weight is 363 g/mol. The van der Waals surface area contributed by atoms with Gasteiger partial charge in [-0.05, 0) is 49.8 Å². The number of likely N-dealkylation sites (tertiary alicyclic amines) is 1. The lowest BCUT2D eigenvalue weighted by molar-refractivity contribution is -0.127. The maximum atomic E-state index is 12.4. The molecule has 1 N–H and O–H groups in total. The van der Waals surface area contributed by atoms with Gasteiger partial charge in [0.25, 0.3) is 0 Å². The van der Waals surface area contributed by atoms with Crippen LogP contribution in [0.5, 0.6) is 5.75 Å². The third-order valence-corrected chi connectivity index (χ3v) is 4.94. The van der Waals surface area contributed by atoms with Gasteiger partial charge in [-0.15, -0.1) is 0 Å². The van der Waals surface area contributed by atoms with Crippen molar-refractivity contribution in [2.24, 2.45) is 5.92 Å². The molecule has 0 radical (unpaired) electrons. The Morgan fingerprint density at radius 2 is 1.85 bits per heavy atom. The number of nitrogens with one attached hydrogen (secondary N) is 1. The van der Waals surface area contributed by atoms with E-state index in [2.05, 4.69) is 24.1 Å². The number of hydrogen-bond donors (Lipinski definition) is 1. The normalized spacial score (nSPS) is 17.3. The number of methoxy groups -OCH3 is 1. The van der Waals surface area contributed by atoms with Crippen molar-refractivity contribution in [1.82, 2.24) is 10.2 Å². The summed E-state index contributed by atoms with van der Waals surface area (Å²) < 4.78 is 11.1. The topological polar surface area (TPSA) is 50.8 Å². The summed E-state index contributed by atoms with van der Waals surface area (Å²) in [6.45, 7) is 9.68. The molecule has 1 aliphatic heterocycles. The van der Waals surface area contributed by atoms with Gasteiger partial charge in [-0.25, -0.2) is 0 Å². The van der Waals surface area contributed by atoms with Gasteiger partial charge in [0.05, 0.1) is 19.3 Å². The fourth-order valence-corrected chi connectivity index (χ4v) is 3.19. The molecule has 1 heterocycles. The van der Waals surface area contributed by atoms with Gasteiger partial charge in [0.2, 0.25) is 5.91 Å². The first-order valence-corrected chi connectivity index (χ1v) is 9.76. The Labute approximate surface area is 158 Å². The molecule has 1 fully saturated rings. The van der Waals surface area contributed by atoms with Crippen LogP contribution in [-0.2, 0) is 16.0 Å². The highest BCUT2D eigenvalue weighted by atomic mass is 16.5. The summed E-state index contributed by atoms with van der Waals surface area (Å²) in [6, 6.07) is 7.89. The highest BCUT2D eigenvalue weighted by molar-refractivity contribution is 5.81. The third kappa shape index (κ3) is 6.61. The Bertz CT molecular complexity index is 537. The molecular weight excluding hydrogens is 328 g/mol. The number of nitrogens with zero attached hydrogens (tertiary/aromatic N) is 1. The van der Waals surface area contributed by atoms with E-state index in [0.29, 0.717) is 18.6 Å². The third-order valence-electron chi connectivity index (χ3n) is 4.94. The zero-order valence-electron chi connectivity index (χ0n) is 16.7. The molecule has 5 heteroatoms. The molecule has 1 atom stereocenters. The smallest absolute Gasteiger partial charge is 0.237 e. The number of amides is 1. The molecule has 0 aromatic heterocycles. The van der Waals surface area contributed by atoms with E-state index in [0.717, 1.165) is 44.7 Å². The summed E-state index contributed by atoms with van der Waals surface area (Å²) in [5.41, 5.74) is 1.20. The predicted octanol–water partition coefficient (Wildman–Crippen LogP) is 2.88. The molecule has 1 aliphatic rings. The Morgan fingerprint density at radius 3 is 2.42 bits per heavy atom. The van der Waals surface area contributed by atoms with Crippen molar-refractivity contribution in [2.75, 3.05) is 33.4 Å². The summed E-state index contributed by atoms with van der Waals surface area (Å²) in [7, 11) is 1.66. The molecule has 26 heavy (non-hydrogen) atoms. The molecule has 146 valence electrons. The fraction of sp³-hybridized carbons (Fsp3) is 0.667. The Balaban J connectivity index is 1.67. The minimum atomic E-state index is -0.0862. The molecule has 0 saturated carbocycles. The number of benzene rings is 1. The zero-order valence-corrected chi connectivity index (χ0v) is 16.7. The van der Waals surface area contributed by atoms with Gasteiger partial charge in [0.1, 0.15) is 5.75 Å². The summed E-state index contributed by atoms with van der Waals surface area (Å²) in [6.07, 6.45) is 3.19. The number of piperidine rings is 1. The van der Waals surface area contributed by atoms with E-state index in [9.17, 15) is 4.79 Å². The Kier molecular flexibility index (Phi) is 8.39. The number of hydrogen-bond acceptors (Lipinski definition) is 4. The van der Waals surface area contributed by atoms with Crippen LogP contribution in [0.2, 0.25) is 0 Å². The van der Waals surface area contributed by atoms with E-state index in [-0.39, 0.29) is 11.9 Å². The Morgan fingerprint density at radius 1 is 1.19 bits per heavy atom. The standard InChI is InChI=1S/C21H34N2O3/c1-16(2)15-26-20-10-13-23(14-11-20)17(3)21(24)22-12-9-18-5-7-19(25-4)8-6-18/h5-8,16-17,20H,9-15H2,1-4H3,(H,22,24). The van der Waals surface area contributed by atoms with Crippen LogP contribution in [0.15, 0.2) is 24.3 Å². The summed E-state index contributed by atoms with van der Waals surface area (Å²) in [4.78, 5) is 14.7. The van der Waals surface area contributed by atoms with Crippen molar-refractivity contribution >= 4 is 5.91 Å². The maximum Gasteiger partial charge on any atom is 0.237 e. The van der Waals surface area contributed by atoms with Crippen LogP contribution >= 0.6 is 0 Å². The lowest BCUT2D eigenvalue weighted by Crippen LogP contribution is -2.49. The second-order valence-corrected chi connectivity index (χ2v) is 7.53. The van der Waals surface area contributed by atoms with E-state index in [1.165, 1.54) is 5.56 Å². The SMILES string of the molecule is COc1ccc(CCNC(=O)C(C)N2CCC(OCC(C)C)CC2)cc1. The lowest BCUT2D eigenvalue weighted by atomic mass is 10.1. The maximum absolute atomic E-state index is 12.4. The summed E-state index contributed by atoms with van der Waals surface area (Å²) >= 11 is 0. The van der Waals surface area contributed by atoms with Crippen molar-refractivity contribution in [2.45, 2.75) is 52.2 Å². The van der Waals surface area contributed by atoms with Crippen molar-refractivity contribution in [3.63, 3.8) is 0 Å². The zero-order chi connectivity index (χ0) is 18.9. The molecular formula is C21H34N2O3. The number of ether oxygens (including phenoxy) is 2. The average Bonchev–Trinajstić information content (AvgIpc) is 2.66. The number of carbonyl (C=O) groups is 1. The molecule has 1 saturated heterocycles. The first-order chi connectivity index (χ1) is 12.5. The first-order valence-electron chi connectivity index (χ1n) is 9.76. The van der Waals surface area contributed by atoms with Gasteiger partial charge < -0.3 is 14.8 Å². The van der Waals surface area contributed by atoms with Crippen LogP contribution in [0.4, 0.5) is 0 Å². The van der Waals surface area contributed by atoms with Gasteiger partial charge in [0.15, 0.2) is 0 Å². The van der Waals surface area contributed by atoms with Gasteiger partial charge in [-0.1, -0.05) is 26.0 Å². The molecule has 1 aromatic rings. The van der Waals surface area contributed by atoms with Crippen LogP contribution in [-0.4, -0.2) is 56.3 Å². The van der Waals surface area contributed by atoms with E-state index >= 15 is 0 Å². The van der Waals surface area contributed by atoms with Crippen molar-refractivity contribution < 1.29 is 14.3 Å². The first kappa shape index (κ1) is 20.7. The second-order valence-electron chi connectivity index (χ2n) is 7.53. The molecule has 0 spiro atoms. The van der Waals surface area contributed by atoms with Gasteiger partial charge >= 0.3 is 0 Å². The van der Waals surface area contributed by atoms with Crippen LogP contribution in [0, 0.1) is 5.92 Å². The highest BCUT2D eigenvalue weighted by Gasteiger charge is 2.26. The van der Waals surface area contributed by atoms with Crippen molar-refractivity contribution in [1.29, 1.82) is 0 Å². The monoisotopic (exact) mass is 362 g/mol. The predicted molar refractivity (Wildman–Crippen MR) is 105 cm³/mol. The number of rotatable bonds is 9. The van der Waals surface area contributed by atoms with E-state index in [1.54, 1.807) is 7.11 Å². The highest BCUT2D eigenvalue weighted by Crippen LogP contribution is 2.17. The molecule has 1 unspecified atom stereocenters. The van der Waals surface area contributed by atoms with E-state index in [1.807, 2.05) is 31.2 Å². The molecule has 5 nitrogen and oxygen atoms in total. The molecule has 0 aliphatic carbocycles. The van der Waals surface area contributed by atoms with Crippen LogP contribution in [0.1, 0.15) is 39.2 Å². The van der Waals surface area contributed by atoms with Gasteiger partial charge in [0, 0.05) is 26.2 Å². The van der Waals surface area contributed by atoms with Crippen molar-refractivity contribution in [3.05, 3.63) is 29.8 Å². The van der Waals surface area contributed by atoms with Crippen LogP contribution < -0.4 is 10.1 Å². The molecule has 0 bridgehead atoms. The molecule has 1 amide bonds. The van der Waals surface area contributed by atoms with E-state index < -0.39 is 0 Å². The van der Waals surface area contributed by atoms with Crippen molar-refractivity contribution in [3.8, 4) is 5.75 Å². The lowest BCUT2D eigenvalue weighted by Gasteiger charge is -2.35. The quantitative estimate of drug-likeness (QED) is 0.734. The van der Waals surface area contributed by atoms with Crippen LogP contribution in [0.25, 0.3) is 0 Å². The largest absolute Gasteiger partial charge is 0.497 e. The number of carbonyl (C=O) groups excluding carboxylic acids is 1. The minimum absolute atomic E-state index is 0.0862. The Hall–Kier alpha value is -1.59. The fourth-order valence-electron chi connectivity index (χ4n) is 3.19. The van der Waals surface area contributed by atoms with E-state index in [4.69, 9.17) is 9.47 Å². The van der Waals surface area contributed by atoms with Gasteiger partial charge in [-0.2, -0.15) is 0 Å². The van der Waals surface area contributed by atoms with Gasteiger partial charge in [-0.3, -0.25) is 9.69 Å². The summed E-state index contributed by atoms with van der Waals surface area (Å²) in [5.74, 6) is 1.54. The molecule has 2 rings (SSSR count). The second kappa shape index (κ2) is 10.5.